The van der Waals surface area contributed by atoms with Crippen LogP contribution in [0.5, 0.6) is 5.75 Å². The van der Waals surface area contributed by atoms with E-state index in [4.69, 9.17) is 27.9 Å². The van der Waals surface area contributed by atoms with Crippen LogP contribution in [0.25, 0.3) is 0 Å². The lowest BCUT2D eigenvalue weighted by Crippen LogP contribution is -2.33. The largest absolute Gasteiger partial charge is 0.495 e. The first kappa shape index (κ1) is 19.6. The van der Waals surface area contributed by atoms with Gasteiger partial charge in [-0.15, -0.1) is 0 Å². The average Bonchev–Trinajstić information content (AvgIpc) is 2.57. The van der Waals surface area contributed by atoms with Gasteiger partial charge in [0.15, 0.2) is 9.84 Å². The van der Waals surface area contributed by atoms with Crippen molar-refractivity contribution in [1.29, 1.82) is 0 Å². The predicted molar refractivity (Wildman–Crippen MR) is 100 cm³/mol. The maximum atomic E-state index is 12.5. The summed E-state index contributed by atoms with van der Waals surface area (Å²) in [5.41, 5.74) is 0.873. The molecular weight excluding hydrogens is 385 g/mol. The Hall–Kier alpha value is -1.76. The Bertz CT molecular complexity index is 884. The summed E-state index contributed by atoms with van der Waals surface area (Å²) in [6, 6.07) is 11.3. The molecule has 0 aliphatic carbocycles. The van der Waals surface area contributed by atoms with Gasteiger partial charge in [-0.25, -0.2) is 8.42 Å². The van der Waals surface area contributed by atoms with Crippen molar-refractivity contribution in [3.05, 3.63) is 58.1 Å². The van der Waals surface area contributed by atoms with Crippen molar-refractivity contribution in [3.8, 4) is 5.75 Å². The molecule has 2 rings (SSSR count). The SMILES string of the molecule is COc1ccccc1NC(=O)[C@@H](C)S(=O)(=O)Cc1ccc(Cl)c(Cl)c1. The Balaban J connectivity index is 2.15. The summed E-state index contributed by atoms with van der Waals surface area (Å²) < 4.78 is 30.2. The van der Waals surface area contributed by atoms with Crippen molar-refractivity contribution in [1.82, 2.24) is 0 Å². The number of halogens is 2. The van der Waals surface area contributed by atoms with Gasteiger partial charge in [-0.3, -0.25) is 4.79 Å². The summed E-state index contributed by atoms with van der Waals surface area (Å²) in [4.78, 5) is 12.3. The molecule has 0 spiro atoms. The number of hydrogen-bond acceptors (Lipinski definition) is 4. The molecule has 134 valence electrons. The van der Waals surface area contributed by atoms with Crippen LogP contribution >= 0.6 is 23.2 Å². The number of para-hydroxylation sites is 2. The van der Waals surface area contributed by atoms with E-state index in [0.29, 0.717) is 22.0 Å². The third kappa shape index (κ3) is 4.87. The highest BCUT2D eigenvalue weighted by Gasteiger charge is 2.29. The first-order valence-electron chi connectivity index (χ1n) is 7.34. The molecule has 0 saturated heterocycles. The molecule has 5 nitrogen and oxygen atoms in total. The molecule has 1 N–H and O–H groups in total. The second-order valence-electron chi connectivity index (χ2n) is 5.39. The number of nitrogens with one attached hydrogen (secondary N) is 1. The van der Waals surface area contributed by atoms with E-state index in [1.54, 1.807) is 30.3 Å². The van der Waals surface area contributed by atoms with Gasteiger partial charge in [-0.2, -0.15) is 0 Å². The summed E-state index contributed by atoms with van der Waals surface area (Å²) >= 11 is 11.7. The third-order valence-electron chi connectivity index (χ3n) is 3.62. The topological polar surface area (TPSA) is 72.5 Å². The van der Waals surface area contributed by atoms with Gasteiger partial charge in [-0.1, -0.05) is 41.4 Å². The molecule has 0 saturated carbocycles. The van der Waals surface area contributed by atoms with E-state index in [9.17, 15) is 13.2 Å². The van der Waals surface area contributed by atoms with Crippen molar-refractivity contribution in [2.45, 2.75) is 17.9 Å². The molecular formula is C17H17Cl2NO4S. The summed E-state index contributed by atoms with van der Waals surface area (Å²) in [5.74, 6) is -0.501. The Labute approximate surface area is 156 Å². The second-order valence-corrected chi connectivity index (χ2v) is 8.52. The standard InChI is InChI=1S/C17H17Cl2NO4S/c1-11(17(21)20-15-5-3-4-6-16(15)24-2)25(22,23)10-12-7-8-13(18)14(19)9-12/h3-9,11H,10H2,1-2H3,(H,20,21)/t11-/m1/s1. The quantitative estimate of drug-likeness (QED) is 0.795. The Morgan fingerprint density at radius 1 is 1.16 bits per heavy atom. The minimum atomic E-state index is -3.74. The minimum Gasteiger partial charge on any atom is -0.495 e. The highest BCUT2D eigenvalue weighted by molar-refractivity contribution is 7.92. The number of ether oxygens (including phenoxy) is 1. The van der Waals surface area contributed by atoms with E-state index < -0.39 is 21.0 Å². The number of carbonyl (C=O) groups excluding carboxylic acids is 1. The van der Waals surface area contributed by atoms with Crippen LogP contribution in [0.4, 0.5) is 5.69 Å². The highest BCUT2D eigenvalue weighted by atomic mass is 35.5. The Morgan fingerprint density at radius 3 is 2.48 bits per heavy atom. The van der Waals surface area contributed by atoms with Gasteiger partial charge in [0.1, 0.15) is 11.0 Å². The van der Waals surface area contributed by atoms with Gasteiger partial charge in [0.25, 0.3) is 0 Å². The van der Waals surface area contributed by atoms with Crippen molar-refractivity contribution in [2.75, 3.05) is 12.4 Å². The molecule has 2 aromatic carbocycles. The zero-order chi connectivity index (χ0) is 18.6. The molecule has 1 amide bonds. The second kappa shape index (κ2) is 8.08. The fraction of sp³-hybridized carbons (Fsp3) is 0.235. The molecule has 2 aromatic rings. The van der Waals surface area contributed by atoms with Crippen LogP contribution in [0, 0.1) is 0 Å². The first-order valence-corrected chi connectivity index (χ1v) is 9.81. The van der Waals surface area contributed by atoms with E-state index >= 15 is 0 Å². The van der Waals surface area contributed by atoms with Crippen LogP contribution < -0.4 is 10.1 Å². The Kier molecular flexibility index (Phi) is 6.32. The van der Waals surface area contributed by atoms with Gasteiger partial charge >= 0.3 is 0 Å². The predicted octanol–water partition coefficient (Wildman–Crippen LogP) is 3.94. The molecule has 0 unspecified atom stereocenters. The van der Waals surface area contributed by atoms with Crippen molar-refractivity contribution < 1.29 is 17.9 Å². The molecule has 0 aliphatic rings. The lowest BCUT2D eigenvalue weighted by atomic mass is 10.2. The molecule has 0 heterocycles. The van der Waals surface area contributed by atoms with Crippen LogP contribution in [-0.2, 0) is 20.4 Å². The van der Waals surface area contributed by atoms with Crippen LogP contribution in [0.1, 0.15) is 12.5 Å². The molecule has 0 fully saturated rings. The minimum absolute atomic E-state index is 0.264. The summed E-state index contributed by atoms with van der Waals surface area (Å²) in [6.07, 6.45) is 0. The molecule has 0 bridgehead atoms. The number of rotatable bonds is 6. The molecule has 0 radical (unpaired) electrons. The van der Waals surface area contributed by atoms with Crippen LogP contribution in [0.2, 0.25) is 10.0 Å². The fourth-order valence-corrected chi connectivity index (χ4v) is 3.73. The highest BCUT2D eigenvalue weighted by Crippen LogP contribution is 2.26. The average molecular weight is 402 g/mol. The summed E-state index contributed by atoms with van der Waals surface area (Å²) in [5, 5.41) is 1.94. The molecule has 1 atom stereocenters. The third-order valence-corrected chi connectivity index (χ3v) is 6.39. The van der Waals surface area contributed by atoms with Crippen molar-refractivity contribution in [3.63, 3.8) is 0 Å². The van der Waals surface area contributed by atoms with E-state index in [0.717, 1.165) is 0 Å². The maximum absolute atomic E-state index is 12.5. The van der Waals surface area contributed by atoms with E-state index in [2.05, 4.69) is 5.32 Å². The number of hydrogen-bond donors (Lipinski definition) is 1. The molecule has 0 aliphatic heterocycles. The number of carbonyl (C=O) groups is 1. The number of sulfone groups is 1. The monoisotopic (exact) mass is 401 g/mol. The van der Waals surface area contributed by atoms with Crippen LogP contribution in [0.3, 0.4) is 0 Å². The van der Waals surface area contributed by atoms with Gasteiger partial charge in [0.05, 0.1) is 28.6 Å². The van der Waals surface area contributed by atoms with Gasteiger partial charge in [0, 0.05) is 0 Å². The molecule has 0 aromatic heterocycles. The summed E-state index contributed by atoms with van der Waals surface area (Å²) in [7, 11) is -2.27. The zero-order valence-electron chi connectivity index (χ0n) is 13.6. The number of anilines is 1. The maximum Gasteiger partial charge on any atom is 0.242 e. The van der Waals surface area contributed by atoms with E-state index in [-0.39, 0.29) is 10.8 Å². The number of methoxy groups -OCH3 is 1. The number of amides is 1. The van der Waals surface area contributed by atoms with E-state index in [1.807, 2.05) is 0 Å². The Morgan fingerprint density at radius 2 is 1.84 bits per heavy atom. The molecule has 25 heavy (non-hydrogen) atoms. The van der Waals surface area contributed by atoms with Gasteiger partial charge < -0.3 is 10.1 Å². The van der Waals surface area contributed by atoms with Crippen molar-refractivity contribution in [2.24, 2.45) is 0 Å². The fourth-order valence-electron chi connectivity index (χ4n) is 2.13. The van der Waals surface area contributed by atoms with Crippen LogP contribution in [-0.4, -0.2) is 26.7 Å². The first-order chi connectivity index (χ1) is 11.7. The molecule has 8 heteroatoms. The van der Waals surface area contributed by atoms with Crippen molar-refractivity contribution >= 4 is 44.6 Å². The normalized spacial score (nSPS) is 12.5. The summed E-state index contributed by atoms with van der Waals surface area (Å²) in [6.45, 7) is 1.34. The van der Waals surface area contributed by atoms with E-state index in [1.165, 1.54) is 26.2 Å². The van der Waals surface area contributed by atoms with Gasteiger partial charge in [-0.05, 0) is 36.8 Å². The lowest BCUT2D eigenvalue weighted by molar-refractivity contribution is -0.115. The zero-order valence-corrected chi connectivity index (χ0v) is 16.0. The van der Waals surface area contributed by atoms with Gasteiger partial charge in [0.2, 0.25) is 5.91 Å². The smallest absolute Gasteiger partial charge is 0.242 e. The lowest BCUT2D eigenvalue weighted by Gasteiger charge is -2.15. The van der Waals surface area contributed by atoms with Crippen LogP contribution in [0.15, 0.2) is 42.5 Å². The number of benzene rings is 2.